The van der Waals surface area contributed by atoms with Crippen molar-refractivity contribution in [2.24, 2.45) is 16.7 Å². The Morgan fingerprint density at radius 2 is 2.00 bits per heavy atom. The maximum absolute atomic E-state index is 11.6. The molecule has 2 saturated carbocycles. The molecule has 2 heteroatoms. The highest BCUT2D eigenvalue weighted by molar-refractivity contribution is 5.89. The van der Waals surface area contributed by atoms with E-state index in [2.05, 4.69) is 13.8 Å². The Kier molecular flexibility index (Phi) is 1.32. The van der Waals surface area contributed by atoms with Crippen LogP contribution < -0.4 is 0 Å². The SMILES string of the molecule is CC12C[C@@H](O)C(CC1=O)C2(C)C. The zero-order valence-corrected chi connectivity index (χ0v) is 7.92. The Balaban J connectivity index is 2.47. The molecule has 0 aromatic carbocycles. The van der Waals surface area contributed by atoms with Gasteiger partial charge < -0.3 is 5.11 Å². The van der Waals surface area contributed by atoms with Crippen LogP contribution in [-0.4, -0.2) is 17.0 Å². The number of hydrogen-bond acceptors (Lipinski definition) is 2. The van der Waals surface area contributed by atoms with Crippen molar-refractivity contribution in [1.29, 1.82) is 0 Å². The molecule has 2 bridgehead atoms. The third-order valence-electron chi connectivity index (χ3n) is 4.45. The van der Waals surface area contributed by atoms with E-state index in [1.165, 1.54) is 0 Å². The molecule has 2 unspecified atom stereocenters. The van der Waals surface area contributed by atoms with E-state index in [-0.39, 0.29) is 22.9 Å². The van der Waals surface area contributed by atoms with Crippen LogP contribution >= 0.6 is 0 Å². The first kappa shape index (κ1) is 8.24. The van der Waals surface area contributed by atoms with Gasteiger partial charge in [-0.2, -0.15) is 0 Å². The van der Waals surface area contributed by atoms with E-state index < -0.39 is 0 Å². The summed E-state index contributed by atoms with van der Waals surface area (Å²) in [6, 6.07) is 0. The Hall–Kier alpha value is -0.370. The predicted octanol–water partition coefficient (Wildman–Crippen LogP) is 1.37. The summed E-state index contributed by atoms with van der Waals surface area (Å²) in [7, 11) is 0. The number of ketones is 1. The first-order valence-electron chi connectivity index (χ1n) is 4.61. The van der Waals surface area contributed by atoms with Crippen LogP contribution in [0, 0.1) is 16.7 Å². The highest BCUT2D eigenvalue weighted by atomic mass is 16.3. The second-order valence-corrected chi connectivity index (χ2v) is 5.06. The summed E-state index contributed by atoms with van der Waals surface area (Å²) in [6.07, 6.45) is 1.01. The minimum absolute atomic E-state index is 0.00347. The Morgan fingerprint density at radius 1 is 1.42 bits per heavy atom. The molecule has 2 nitrogen and oxygen atoms in total. The van der Waals surface area contributed by atoms with Crippen LogP contribution in [0.3, 0.4) is 0 Å². The monoisotopic (exact) mass is 168 g/mol. The Bertz CT molecular complexity index is 244. The lowest BCUT2D eigenvalue weighted by atomic mass is 9.70. The second kappa shape index (κ2) is 1.92. The lowest BCUT2D eigenvalue weighted by Gasteiger charge is -2.31. The summed E-state index contributed by atoms with van der Waals surface area (Å²) < 4.78 is 0. The van der Waals surface area contributed by atoms with Gasteiger partial charge in [-0.05, 0) is 17.8 Å². The number of carbonyl (C=O) groups excluding carboxylic acids is 1. The summed E-state index contributed by atoms with van der Waals surface area (Å²) in [4.78, 5) is 11.6. The molecular weight excluding hydrogens is 152 g/mol. The molecule has 0 radical (unpaired) electrons. The molecule has 0 aromatic heterocycles. The molecule has 0 aromatic rings. The molecule has 0 heterocycles. The van der Waals surface area contributed by atoms with Gasteiger partial charge in [-0.15, -0.1) is 0 Å². The number of Topliss-reactive ketones (excluding diaryl/α,β-unsaturated/α-hetero) is 1. The quantitative estimate of drug-likeness (QED) is 0.593. The molecule has 12 heavy (non-hydrogen) atoms. The molecule has 2 rings (SSSR count). The van der Waals surface area contributed by atoms with Crippen LogP contribution in [0.4, 0.5) is 0 Å². The van der Waals surface area contributed by atoms with E-state index in [1.54, 1.807) is 0 Å². The average molecular weight is 168 g/mol. The summed E-state index contributed by atoms with van der Waals surface area (Å²) in [5.74, 6) is 0.554. The zero-order valence-electron chi connectivity index (χ0n) is 7.92. The number of aliphatic hydroxyl groups excluding tert-OH is 1. The minimum Gasteiger partial charge on any atom is -0.393 e. The number of hydrogen-bond donors (Lipinski definition) is 1. The molecule has 2 aliphatic carbocycles. The Morgan fingerprint density at radius 3 is 2.25 bits per heavy atom. The summed E-state index contributed by atoms with van der Waals surface area (Å²) >= 11 is 0. The van der Waals surface area contributed by atoms with Gasteiger partial charge in [0.1, 0.15) is 5.78 Å². The molecule has 3 atom stereocenters. The third-order valence-corrected chi connectivity index (χ3v) is 4.45. The average Bonchev–Trinajstić information content (AvgIpc) is 2.18. The highest BCUT2D eigenvalue weighted by Crippen LogP contribution is 2.63. The fourth-order valence-electron chi connectivity index (χ4n) is 3.00. The summed E-state index contributed by atoms with van der Waals surface area (Å²) in [5, 5.41) is 9.69. The Labute approximate surface area is 73.0 Å². The molecule has 0 amide bonds. The maximum Gasteiger partial charge on any atom is 0.139 e. The van der Waals surface area contributed by atoms with Crippen molar-refractivity contribution in [3.8, 4) is 0 Å². The van der Waals surface area contributed by atoms with Crippen molar-refractivity contribution in [3.63, 3.8) is 0 Å². The smallest absolute Gasteiger partial charge is 0.139 e. The summed E-state index contributed by atoms with van der Waals surface area (Å²) in [6.45, 7) is 6.23. The molecule has 1 N–H and O–H groups in total. The third kappa shape index (κ3) is 0.634. The molecule has 68 valence electrons. The van der Waals surface area contributed by atoms with Crippen LogP contribution in [0.5, 0.6) is 0 Å². The molecule has 2 aliphatic rings. The lowest BCUT2D eigenvalue weighted by molar-refractivity contribution is -0.129. The standard InChI is InChI=1S/C10H16O2/c1-9(2)6-4-8(12)10(9,3)5-7(6)11/h6-7,11H,4-5H2,1-3H3/t6?,7-,10?/m1/s1. The van der Waals surface area contributed by atoms with E-state index in [4.69, 9.17) is 0 Å². The first-order valence-corrected chi connectivity index (χ1v) is 4.61. The van der Waals surface area contributed by atoms with Gasteiger partial charge in [0.15, 0.2) is 0 Å². The van der Waals surface area contributed by atoms with Crippen molar-refractivity contribution < 1.29 is 9.90 Å². The highest BCUT2D eigenvalue weighted by Gasteiger charge is 2.65. The van der Waals surface area contributed by atoms with Gasteiger partial charge in [-0.3, -0.25) is 4.79 Å². The molecule has 0 aliphatic heterocycles. The van der Waals surface area contributed by atoms with E-state index in [9.17, 15) is 9.90 Å². The van der Waals surface area contributed by atoms with E-state index in [0.29, 0.717) is 18.6 Å². The molecular formula is C10H16O2. The predicted molar refractivity (Wildman–Crippen MR) is 45.6 cm³/mol. The maximum atomic E-state index is 11.6. The van der Waals surface area contributed by atoms with Crippen molar-refractivity contribution in [2.45, 2.75) is 39.7 Å². The van der Waals surface area contributed by atoms with Gasteiger partial charge in [0, 0.05) is 11.8 Å². The fraction of sp³-hybridized carbons (Fsp3) is 0.900. The second-order valence-electron chi connectivity index (χ2n) is 5.06. The van der Waals surface area contributed by atoms with Gasteiger partial charge in [0.2, 0.25) is 0 Å². The number of aliphatic hydroxyl groups is 1. The van der Waals surface area contributed by atoms with Crippen LogP contribution in [0.2, 0.25) is 0 Å². The normalized spacial score (nSPS) is 50.2. The zero-order chi connectivity index (χ0) is 9.15. The minimum atomic E-state index is -0.253. The largest absolute Gasteiger partial charge is 0.393 e. The van der Waals surface area contributed by atoms with Gasteiger partial charge in [-0.25, -0.2) is 0 Å². The summed E-state index contributed by atoms with van der Waals surface area (Å²) in [5.41, 5.74) is -0.249. The van der Waals surface area contributed by atoms with Crippen LogP contribution in [-0.2, 0) is 4.79 Å². The lowest BCUT2D eigenvalue weighted by Crippen LogP contribution is -2.32. The van der Waals surface area contributed by atoms with E-state index in [1.807, 2.05) is 6.92 Å². The van der Waals surface area contributed by atoms with E-state index >= 15 is 0 Å². The van der Waals surface area contributed by atoms with Gasteiger partial charge >= 0.3 is 0 Å². The van der Waals surface area contributed by atoms with E-state index in [0.717, 1.165) is 0 Å². The van der Waals surface area contributed by atoms with Gasteiger partial charge in [0.25, 0.3) is 0 Å². The number of rotatable bonds is 0. The molecule has 2 fully saturated rings. The van der Waals surface area contributed by atoms with Crippen molar-refractivity contribution in [3.05, 3.63) is 0 Å². The van der Waals surface area contributed by atoms with Crippen LogP contribution in [0.1, 0.15) is 33.6 Å². The fourth-order valence-corrected chi connectivity index (χ4v) is 3.00. The van der Waals surface area contributed by atoms with Crippen molar-refractivity contribution in [2.75, 3.05) is 0 Å². The molecule has 0 saturated heterocycles. The first-order chi connectivity index (χ1) is 5.39. The van der Waals surface area contributed by atoms with Crippen molar-refractivity contribution in [1.82, 2.24) is 0 Å². The number of carbonyl (C=O) groups is 1. The van der Waals surface area contributed by atoms with Crippen LogP contribution in [0.15, 0.2) is 0 Å². The van der Waals surface area contributed by atoms with Gasteiger partial charge in [0.05, 0.1) is 6.10 Å². The number of fused-ring (bicyclic) bond motifs is 2. The molecule has 0 spiro atoms. The van der Waals surface area contributed by atoms with Crippen LogP contribution in [0.25, 0.3) is 0 Å². The van der Waals surface area contributed by atoms with Gasteiger partial charge in [-0.1, -0.05) is 20.8 Å². The topological polar surface area (TPSA) is 37.3 Å². The van der Waals surface area contributed by atoms with Crippen molar-refractivity contribution >= 4 is 5.78 Å².